The standard InChI is InChI=1S/C55H107NO14/c1-4-6-7-8-9-10-11-12-13-14-15-16-17-18-19-20-25-28-31-34-37-44(58)53(66)56-42(47(60)43(57)36-33-30-27-24-22-21-23-26-29-32-35-41(3)5-2)38-67-55-52(65)50(63)49(62)46(70-55)40-69-54-51(64)48(61)45(59)39-68-54/h41-52,54-55,57-65H,4-40H2,1-3H3,(H,56,66). The van der Waals surface area contributed by atoms with Crippen LogP contribution in [0.15, 0.2) is 0 Å². The number of aliphatic hydroxyl groups is 9. The maximum absolute atomic E-state index is 13.3. The van der Waals surface area contributed by atoms with Crippen LogP contribution in [0.25, 0.3) is 0 Å². The van der Waals surface area contributed by atoms with Gasteiger partial charge in [-0.1, -0.05) is 226 Å². The van der Waals surface area contributed by atoms with Crippen LogP contribution in [0.1, 0.15) is 239 Å². The van der Waals surface area contributed by atoms with Crippen LogP contribution < -0.4 is 5.32 Å². The molecule has 10 N–H and O–H groups in total. The van der Waals surface area contributed by atoms with E-state index in [2.05, 4.69) is 26.1 Å². The lowest BCUT2D eigenvalue weighted by Gasteiger charge is -2.42. The molecule has 2 aliphatic heterocycles. The molecule has 14 unspecified atom stereocenters. The Balaban J connectivity index is 1.79. The lowest BCUT2D eigenvalue weighted by molar-refractivity contribution is -0.322. The summed E-state index contributed by atoms with van der Waals surface area (Å²) in [4.78, 5) is 13.3. The largest absolute Gasteiger partial charge is 0.390 e. The molecule has 416 valence electrons. The normalized spacial score (nSPS) is 26.2. The van der Waals surface area contributed by atoms with Crippen molar-refractivity contribution >= 4 is 5.91 Å². The molecule has 0 aromatic heterocycles. The summed E-state index contributed by atoms with van der Waals surface area (Å²) in [5.41, 5.74) is 0. The predicted octanol–water partition coefficient (Wildman–Crippen LogP) is 7.77. The van der Waals surface area contributed by atoms with Gasteiger partial charge in [-0.3, -0.25) is 4.79 Å². The third kappa shape index (κ3) is 28.6. The lowest BCUT2D eigenvalue weighted by atomic mass is 9.98. The molecule has 1 amide bonds. The summed E-state index contributed by atoms with van der Waals surface area (Å²) in [6.07, 6.45) is 21.2. The van der Waals surface area contributed by atoms with E-state index in [0.717, 1.165) is 44.4 Å². The number of carbonyl (C=O) groups excluding carboxylic acids is 1. The van der Waals surface area contributed by atoms with Gasteiger partial charge in [0.05, 0.1) is 32.0 Å². The van der Waals surface area contributed by atoms with Crippen molar-refractivity contribution in [1.29, 1.82) is 0 Å². The summed E-state index contributed by atoms with van der Waals surface area (Å²) < 4.78 is 22.3. The smallest absolute Gasteiger partial charge is 0.249 e. The highest BCUT2D eigenvalue weighted by Gasteiger charge is 2.46. The Hall–Kier alpha value is -1.05. The Kier molecular flexibility index (Phi) is 38.3. The topological polar surface area (TPSA) is 248 Å². The first-order chi connectivity index (χ1) is 33.8. The van der Waals surface area contributed by atoms with E-state index >= 15 is 0 Å². The van der Waals surface area contributed by atoms with Gasteiger partial charge >= 0.3 is 0 Å². The fraction of sp³-hybridized carbons (Fsp3) is 0.982. The summed E-state index contributed by atoms with van der Waals surface area (Å²) in [6, 6.07) is -1.24. The van der Waals surface area contributed by atoms with Gasteiger partial charge < -0.3 is 70.2 Å². The zero-order valence-corrected chi connectivity index (χ0v) is 44.3. The first-order valence-electron chi connectivity index (χ1n) is 28.7. The van der Waals surface area contributed by atoms with Gasteiger partial charge in [0.2, 0.25) is 5.91 Å². The van der Waals surface area contributed by atoms with Crippen molar-refractivity contribution in [2.45, 2.75) is 319 Å². The van der Waals surface area contributed by atoms with E-state index in [0.29, 0.717) is 12.8 Å². The fourth-order valence-corrected chi connectivity index (χ4v) is 9.64. The second kappa shape index (κ2) is 41.2. The average molecular weight is 1010 g/mol. The van der Waals surface area contributed by atoms with Crippen LogP contribution in [0.2, 0.25) is 0 Å². The summed E-state index contributed by atoms with van der Waals surface area (Å²) in [5.74, 6) is 0.0728. The molecule has 2 saturated heterocycles. The number of unbranched alkanes of at least 4 members (excludes halogenated alkanes) is 28. The number of nitrogens with one attached hydrogen (secondary N) is 1. The summed E-state index contributed by atoms with van der Waals surface area (Å²) in [6.45, 7) is 5.53. The zero-order chi connectivity index (χ0) is 51.4. The van der Waals surface area contributed by atoms with E-state index in [1.54, 1.807) is 0 Å². The molecule has 70 heavy (non-hydrogen) atoms. The third-order valence-corrected chi connectivity index (χ3v) is 14.9. The van der Waals surface area contributed by atoms with Crippen LogP contribution in [-0.2, 0) is 23.7 Å². The Morgan fingerprint density at radius 3 is 1.43 bits per heavy atom. The molecule has 0 radical (unpaired) electrons. The SMILES string of the molecule is CCCCCCCCCCCCCCCCCCCCCCC(O)C(=O)NC(COC1OC(COC2OCC(O)C(O)C2O)C(O)C(O)C1O)C(O)C(O)CCCCCCCCCCCCC(C)CC. The van der Waals surface area contributed by atoms with Gasteiger partial charge in [-0.15, -0.1) is 0 Å². The minimum absolute atomic E-state index is 0.223. The molecular formula is C55H107NO14. The van der Waals surface area contributed by atoms with Crippen LogP contribution in [-0.4, -0.2) is 151 Å². The van der Waals surface area contributed by atoms with Crippen LogP contribution >= 0.6 is 0 Å². The number of ether oxygens (including phenoxy) is 4. The first-order valence-corrected chi connectivity index (χ1v) is 28.7. The third-order valence-electron chi connectivity index (χ3n) is 14.9. The quantitative estimate of drug-likeness (QED) is 0.0262. The van der Waals surface area contributed by atoms with Crippen molar-refractivity contribution < 1.29 is 69.7 Å². The molecule has 2 heterocycles. The molecule has 0 aromatic rings. The molecule has 2 aliphatic rings. The monoisotopic (exact) mass is 1010 g/mol. The van der Waals surface area contributed by atoms with Crippen LogP contribution in [0.3, 0.4) is 0 Å². The van der Waals surface area contributed by atoms with Gasteiger partial charge in [0.15, 0.2) is 12.6 Å². The molecule has 2 fully saturated rings. The fourth-order valence-electron chi connectivity index (χ4n) is 9.64. The second-order valence-electron chi connectivity index (χ2n) is 21.3. The Morgan fingerprint density at radius 1 is 0.529 bits per heavy atom. The molecule has 0 aromatic carbocycles. The maximum atomic E-state index is 13.3. The highest BCUT2D eigenvalue weighted by Crippen LogP contribution is 2.26. The van der Waals surface area contributed by atoms with E-state index in [9.17, 15) is 50.8 Å². The van der Waals surface area contributed by atoms with E-state index in [4.69, 9.17) is 18.9 Å². The maximum Gasteiger partial charge on any atom is 0.249 e. The Bertz CT molecular complexity index is 1220. The van der Waals surface area contributed by atoms with Crippen molar-refractivity contribution in [3.05, 3.63) is 0 Å². The van der Waals surface area contributed by atoms with Crippen molar-refractivity contribution in [1.82, 2.24) is 5.32 Å². The number of hydrogen-bond acceptors (Lipinski definition) is 14. The minimum atomic E-state index is -1.77. The highest BCUT2D eigenvalue weighted by molar-refractivity contribution is 5.80. The van der Waals surface area contributed by atoms with Gasteiger partial charge in [0, 0.05) is 0 Å². The Labute approximate surface area is 424 Å². The van der Waals surface area contributed by atoms with Crippen LogP contribution in [0, 0.1) is 5.92 Å². The van der Waals surface area contributed by atoms with E-state index < -0.39 is 98.8 Å². The predicted molar refractivity (Wildman–Crippen MR) is 274 cm³/mol. The Morgan fingerprint density at radius 2 is 0.957 bits per heavy atom. The molecule has 15 nitrogen and oxygen atoms in total. The highest BCUT2D eigenvalue weighted by atomic mass is 16.7. The summed E-state index contributed by atoms with van der Waals surface area (Å²) in [7, 11) is 0. The van der Waals surface area contributed by atoms with Gasteiger partial charge in [0.1, 0.15) is 54.9 Å². The van der Waals surface area contributed by atoms with Crippen molar-refractivity contribution in [2.24, 2.45) is 5.92 Å². The summed E-state index contributed by atoms with van der Waals surface area (Å²) in [5, 5.41) is 98.2. The van der Waals surface area contributed by atoms with Crippen molar-refractivity contribution in [3.8, 4) is 0 Å². The second-order valence-corrected chi connectivity index (χ2v) is 21.3. The number of hydrogen-bond donors (Lipinski definition) is 10. The number of aliphatic hydroxyl groups excluding tert-OH is 9. The molecule has 15 heteroatoms. The van der Waals surface area contributed by atoms with Crippen LogP contribution in [0.5, 0.6) is 0 Å². The van der Waals surface area contributed by atoms with E-state index in [1.165, 1.54) is 154 Å². The molecule has 0 bridgehead atoms. The van der Waals surface area contributed by atoms with Gasteiger partial charge in [0.25, 0.3) is 0 Å². The van der Waals surface area contributed by atoms with Crippen molar-refractivity contribution in [3.63, 3.8) is 0 Å². The minimum Gasteiger partial charge on any atom is -0.390 e. The summed E-state index contributed by atoms with van der Waals surface area (Å²) >= 11 is 0. The van der Waals surface area contributed by atoms with Gasteiger partial charge in [-0.05, 0) is 18.8 Å². The number of carbonyl (C=O) groups is 1. The zero-order valence-electron chi connectivity index (χ0n) is 44.3. The molecular weight excluding hydrogens is 899 g/mol. The lowest BCUT2D eigenvalue weighted by Crippen LogP contribution is -2.61. The molecule has 14 atom stereocenters. The molecule has 0 aliphatic carbocycles. The van der Waals surface area contributed by atoms with Crippen LogP contribution in [0.4, 0.5) is 0 Å². The number of amides is 1. The van der Waals surface area contributed by atoms with Gasteiger partial charge in [-0.2, -0.15) is 0 Å². The number of rotatable bonds is 45. The molecule has 0 saturated carbocycles. The van der Waals surface area contributed by atoms with Crippen molar-refractivity contribution in [2.75, 3.05) is 19.8 Å². The van der Waals surface area contributed by atoms with Gasteiger partial charge in [-0.25, -0.2) is 0 Å². The average Bonchev–Trinajstić information content (AvgIpc) is 3.35. The first kappa shape index (κ1) is 65.1. The van der Waals surface area contributed by atoms with E-state index in [1.807, 2.05) is 0 Å². The molecule has 0 spiro atoms. The molecule has 2 rings (SSSR count). The van der Waals surface area contributed by atoms with E-state index in [-0.39, 0.29) is 19.4 Å².